The summed E-state index contributed by atoms with van der Waals surface area (Å²) in [5.41, 5.74) is 1.87. The van der Waals surface area contributed by atoms with Gasteiger partial charge in [0.15, 0.2) is 0 Å². The number of piperazine rings is 1. The van der Waals surface area contributed by atoms with E-state index in [0.29, 0.717) is 5.56 Å². The lowest BCUT2D eigenvalue weighted by Crippen LogP contribution is -2.46. The third kappa shape index (κ3) is 2.54. The third-order valence-electron chi connectivity index (χ3n) is 3.53. The Bertz CT molecular complexity index is 594. The summed E-state index contributed by atoms with van der Waals surface area (Å²) in [5, 5.41) is 8.82. The van der Waals surface area contributed by atoms with Crippen molar-refractivity contribution in [3.8, 4) is 6.07 Å². The van der Waals surface area contributed by atoms with Crippen molar-refractivity contribution >= 4 is 11.5 Å². The Kier molecular flexibility index (Phi) is 3.46. The number of nitriles is 1. The molecule has 0 atom stereocenters. The van der Waals surface area contributed by atoms with Gasteiger partial charge in [0.2, 0.25) is 0 Å². The maximum atomic E-state index is 8.82. The van der Waals surface area contributed by atoms with Crippen LogP contribution in [-0.2, 0) is 0 Å². The minimum absolute atomic E-state index is 0.702. The number of hydrogen-bond donors (Lipinski definition) is 0. The van der Waals surface area contributed by atoms with Gasteiger partial charge in [-0.1, -0.05) is 0 Å². The van der Waals surface area contributed by atoms with Gasteiger partial charge in [-0.05, 0) is 30.3 Å². The lowest BCUT2D eigenvalue weighted by atomic mass is 10.2. The van der Waals surface area contributed by atoms with E-state index < -0.39 is 0 Å². The Morgan fingerprint density at radius 3 is 2.25 bits per heavy atom. The van der Waals surface area contributed by atoms with Gasteiger partial charge in [-0.15, -0.1) is 0 Å². The molecular formula is C15H15N5. The van der Waals surface area contributed by atoms with Gasteiger partial charge in [-0.3, -0.25) is 0 Å². The lowest BCUT2D eigenvalue weighted by molar-refractivity contribution is 0.647. The van der Waals surface area contributed by atoms with Crippen molar-refractivity contribution in [1.82, 2.24) is 9.97 Å². The maximum absolute atomic E-state index is 8.82. The van der Waals surface area contributed by atoms with Crippen LogP contribution >= 0.6 is 0 Å². The molecule has 5 nitrogen and oxygen atoms in total. The zero-order chi connectivity index (χ0) is 13.8. The summed E-state index contributed by atoms with van der Waals surface area (Å²) in [6, 6.07) is 11.8. The molecule has 1 aliphatic rings. The van der Waals surface area contributed by atoms with Crippen molar-refractivity contribution in [2.75, 3.05) is 36.0 Å². The van der Waals surface area contributed by atoms with E-state index in [9.17, 15) is 0 Å². The predicted octanol–water partition coefficient (Wildman–Crippen LogP) is 1.67. The molecule has 20 heavy (non-hydrogen) atoms. The summed E-state index contributed by atoms with van der Waals surface area (Å²) < 4.78 is 0. The number of aromatic nitrogens is 2. The van der Waals surface area contributed by atoms with E-state index in [4.69, 9.17) is 5.26 Å². The van der Waals surface area contributed by atoms with Crippen molar-refractivity contribution in [1.29, 1.82) is 5.26 Å². The highest BCUT2D eigenvalue weighted by Gasteiger charge is 2.18. The molecule has 5 heteroatoms. The van der Waals surface area contributed by atoms with Crippen LogP contribution in [0, 0.1) is 11.3 Å². The predicted molar refractivity (Wildman–Crippen MR) is 77.6 cm³/mol. The van der Waals surface area contributed by atoms with Gasteiger partial charge in [0.05, 0.1) is 11.6 Å². The molecular weight excluding hydrogens is 250 g/mol. The van der Waals surface area contributed by atoms with Crippen molar-refractivity contribution in [3.63, 3.8) is 0 Å². The second kappa shape index (κ2) is 5.57. The minimum Gasteiger partial charge on any atom is -0.368 e. The Labute approximate surface area is 118 Å². The van der Waals surface area contributed by atoms with Gasteiger partial charge in [0, 0.05) is 38.1 Å². The van der Waals surface area contributed by atoms with Crippen LogP contribution in [0.5, 0.6) is 0 Å². The second-order valence-corrected chi connectivity index (χ2v) is 4.70. The average Bonchev–Trinajstić information content (AvgIpc) is 2.56. The fourth-order valence-corrected chi connectivity index (χ4v) is 2.41. The minimum atomic E-state index is 0.702. The van der Waals surface area contributed by atoms with Crippen molar-refractivity contribution in [2.45, 2.75) is 0 Å². The quantitative estimate of drug-likeness (QED) is 0.826. The van der Waals surface area contributed by atoms with Gasteiger partial charge in [0.1, 0.15) is 12.1 Å². The van der Waals surface area contributed by atoms with Crippen molar-refractivity contribution < 1.29 is 0 Å². The van der Waals surface area contributed by atoms with Gasteiger partial charge >= 0.3 is 0 Å². The molecule has 0 aliphatic carbocycles. The molecule has 1 aromatic heterocycles. The van der Waals surface area contributed by atoms with E-state index in [-0.39, 0.29) is 0 Å². The van der Waals surface area contributed by atoms with E-state index in [1.165, 1.54) is 5.69 Å². The fraction of sp³-hybridized carbons (Fsp3) is 0.267. The standard InChI is InChI=1S/C15H15N5/c16-11-13-1-3-14(4-2-13)19-7-9-20(10-8-19)15-5-6-17-12-18-15/h1-6,12H,7-10H2. The first-order chi connectivity index (χ1) is 9.86. The zero-order valence-corrected chi connectivity index (χ0v) is 11.1. The number of hydrogen-bond acceptors (Lipinski definition) is 5. The van der Waals surface area contributed by atoms with Gasteiger partial charge < -0.3 is 9.80 Å². The molecule has 1 fully saturated rings. The summed E-state index contributed by atoms with van der Waals surface area (Å²) >= 11 is 0. The fourth-order valence-electron chi connectivity index (χ4n) is 2.41. The van der Waals surface area contributed by atoms with Gasteiger partial charge in [-0.2, -0.15) is 5.26 Å². The second-order valence-electron chi connectivity index (χ2n) is 4.70. The Morgan fingerprint density at radius 2 is 1.65 bits per heavy atom. The van der Waals surface area contributed by atoms with Crippen LogP contribution in [0.2, 0.25) is 0 Å². The molecule has 2 aromatic rings. The maximum Gasteiger partial charge on any atom is 0.132 e. The summed E-state index contributed by atoms with van der Waals surface area (Å²) in [4.78, 5) is 12.8. The lowest BCUT2D eigenvalue weighted by Gasteiger charge is -2.36. The molecule has 1 aliphatic heterocycles. The smallest absolute Gasteiger partial charge is 0.132 e. The van der Waals surface area contributed by atoms with Crippen LogP contribution in [0.4, 0.5) is 11.5 Å². The highest BCUT2D eigenvalue weighted by Crippen LogP contribution is 2.19. The van der Waals surface area contributed by atoms with E-state index in [0.717, 1.165) is 32.0 Å². The van der Waals surface area contributed by atoms with Crippen molar-refractivity contribution in [3.05, 3.63) is 48.4 Å². The van der Waals surface area contributed by atoms with Gasteiger partial charge in [0.25, 0.3) is 0 Å². The molecule has 0 N–H and O–H groups in total. The first kappa shape index (κ1) is 12.4. The van der Waals surface area contributed by atoms with E-state index in [1.807, 2.05) is 30.3 Å². The summed E-state index contributed by atoms with van der Waals surface area (Å²) in [6.07, 6.45) is 3.36. The molecule has 0 bridgehead atoms. The van der Waals surface area contributed by atoms with E-state index >= 15 is 0 Å². The van der Waals surface area contributed by atoms with Crippen LogP contribution in [0.3, 0.4) is 0 Å². The number of benzene rings is 1. The molecule has 3 rings (SSSR count). The monoisotopic (exact) mass is 265 g/mol. The SMILES string of the molecule is N#Cc1ccc(N2CCN(c3ccncn3)CC2)cc1. The number of nitrogens with zero attached hydrogens (tertiary/aromatic N) is 5. The largest absolute Gasteiger partial charge is 0.368 e. The first-order valence-electron chi connectivity index (χ1n) is 6.63. The van der Waals surface area contributed by atoms with Crippen molar-refractivity contribution in [2.24, 2.45) is 0 Å². The summed E-state index contributed by atoms with van der Waals surface area (Å²) in [5.74, 6) is 0.986. The summed E-state index contributed by atoms with van der Waals surface area (Å²) in [6.45, 7) is 3.79. The zero-order valence-electron chi connectivity index (χ0n) is 11.1. The highest BCUT2D eigenvalue weighted by atomic mass is 15.3. The third-order valence-corrected chi connectivity index (χ3v) is 3.53. The topological polar surface area (TPSA) is 56.1 Å². The van der Waals surface area contributed by atoms with Crippen LogP contribution in [-0.4, -0.2) is 36.1 Å². The Morgan fingerprint density at radius 1 is 0.950 bits per heavy atom. The van der Waals surface area contributed by atoms with E-state index in [2.05, 4.69) is 25.8 Å². The van der Waals surface area contributed by atoms with Gasteiger partial charge in [-0.25, -0.2) is 9.97 Å². The number of rotatable bonds is 2. The molecule has 1 saturated heterocycles. The average molecular weight is 265 g/mol. The molecule has 2 heterocycles. The molecule has 0 amide bonds. The van der Waals surface area contributed by atoms with Crippen LogP contribution in [0.15, 0.2) is 42.9 Å². The molecule has 0 spiro atoms. The number of anilines is 2. The normalized spacial score (nSPS) is 14.9. The van der Waals surface area contributed by atoms with E-state index in [1.54, 1.807) is 12.5 Å². The summed E-state index contributed by atoms with van der Waals surface area (Å²) in [7, 11) is 0. The van der Waals surface area contributed by atoms with Crippen LogP contribution in [0.1, 0.15) is 5.56 Å². The van der Waals surface area contributed by atoms with Crippen LogP contribution in [0.25, 0.3) is 0 Å². The molecule has 0 unspecified atom stereocenters. The molecule has 0 radical (unpaired) electrons. The Balaban J connectivity index is 1.65. The highest BCUT2D eigenvalue weighted by molar-refractivity contribution is 5.51. The molecule has 100 valence electrons. The first-order valence-corrected chi connectivity index (χ1v) is 6.63. The molecule has 0 saturated carbocycles. The molecule has 1 aromatic carbocycles. The van der Waals surface area contributed by atoms with Crippen LogP contribution < -0.4 is 9.80 Å². The Hall–Kier alpha value is -2.61.